The van der Waals surface area contributed by atoms with Crippen LogP contribution in [0.4, 0.5) is 0 Å². The SMILES string of the molecule is C=C1N=C2C=CC(c3ccc4c(c3)C(c3ccccc3)(c3ccccc3)c3cc(-c5ccncc5)ccc3-4)=CN2Sc2ccccc21. The third-order valence-corrected chi connectivity index (χ3v) is 10.5. The van der Waals surface area contributed by atoms with Crippen LogP contribution >= 0.6 is 11.9 Å². The first-order valence-electron chi connectivity index (χ1n) is 15.8. The quantitative estimate of drug-likeness (QED) is 0.184. The fraction of sp³-hybridized carbons (Fsp3) is 0.0233. The average molecular weight is 620 g/mol. The number of aliphatic imine (C=N–C) groups is 1. The maximum Gasteiger partial charge on any atom is 0.143 e. The Kier molecular flexibility index (Phi) is 6.44. The van der Waals surface area contributed by atoms with Gasteiger partial charge in [0.1, 0.15) is 5.84 Å². The van der Waals surface area contributed by atoms with E-state index >= 15 is 0 Å². The number of nitrogens with zero attached hydrogens (tertiary/aromatic N) is 3. The third kappa shape index (κ3) is 4.37. The molecule has 0 atom stereocenters. The molecule has 3 nitrogen and oxygen atoms in total. The number of benzene rings is 5. The zero-order chi connectivity index (χ0) is 31.4. The van der Waals surface area contributed by atoms with Gasteiger partial charge in [-0.05, 0) is 110 Å². The molecule has 0 saturated carbocycles. The minimum absolute atomic E-state index is 0.508. The summed E-state index contributed by atoms with van der Waals surface area (Å²) in [4.78, 5) is 10.3. The van der Waals surface area contributed by atoms with Crippen LogP contribution in [0.2, 0.25) is 0 Å². The summed E-state index contributed by atoms with van der Waals surface area (Å²) >= 11 is 1.68. The van der Waals surface area contributed by atoms with Gasteiger partial charge in [-0.2, -0.15) is 0 Å². The molecule has 4 heteroatoms. The lowest BCUT2D eigenvalue weighted by Crippen LogP contribution is -2.28. The average Bonchev–Trinajstić information content (AvgIpc) is 3.34. The summed E-state index contributed by atoms with van der Waals surface area (Å²) in [5.41, 5.74) is 13.6. The second kappa shape index (κ2) is 11.0. The van der Waals surface area contributed by atoms with E-state index in [-0.39, 0.29) is 0 Å². The maximum absolute atomic E-state index is 4.88. The minimum Gasteiger partial charge on any atom is -0.271 e. The molecule has 0 unspecified atom stereocenters. The molecule has 222 valence electrons. The lowest BCUT2D eigenvalue weighted by atomic mass is 9.67. The van der Waals surface area contributed by atoms with Crippen LogP contribution in [0.3, 0.4) is 0 Å². The van der Waals surface area contributed by atoms with Crippen LogP contribution in [0.1, 0.15) is 33.4 Å². The summed E-state index contributed by atoms with van der Waals surface area (Å²) in [6.45, 7) is 4.26. The largest absolute Gasteiger partial charge is 0.271 e. The van der Waals surface area contributed by atoms with Crippen molar-refractivity contribution >= 4 is 29.1 Å². The number of pyridine rings is 1. The number of allylic oxidation sites excluding steroid dienone is 2. The van der Waals surface area contributed by atoms with Gasteiger partial charge in [0.15, 0.2) is 0 Å². The lowest BCUT2D eigenvalue weighted by Gasteiger charge is -2.34. The van der Waals surface area contributed by atoms with E-state index in [1.807, 2.05) is 18.5 Å². The van der Waals surface area contributed by atoms with Crippen molar-refractivity contribution in [3.8, 4) is 22.3 Å². The first-order valence-corrected chi connectivity index (χ1v) is 16.5. The number of amidine groups is 1. The summed E-state index contributed by atoms with van der Waals surface area (Å²) in [6, 6.07) is 48.4. The maximum atomic E-state index is 4.88. The molecule has 0 N–H and O–H groups in total. The van der Waals surface area contributed by atoms with Crippen molar-refractivity contribution in [2.45, 2.75) is 10.3 Å². The number of aromatic nitrogens is 1. The zero-order valence-corrected chi connectivity index (χ0v) is 26.4. The van der Waals surface area contributed by atoms with Gasteiger partial charge in [0.2, 0.25) is 0 Å². The van der Waals surface area contributed by atoms with E-state index < -0.39 is 5.41 Å². The summed E-state index contributed by atoms with van der Waals surface area (Å²) in [5.74, 6) is 0.875. The summed E-state index contributed by atoms with van der Waals surface area (Å²) < 4.78 is 2.16. The van der Waals surface area contributed by atoms with Crippen molar-refractivity contribution in [3.05, 3.63) is 204 Å². The Morgan fingerprint density at radius 1 is 0.574 bits per heavy atom. The number of hydrogen-bond acceptors (Lipinski definition) is 4. The molecular formula is C43H29N3S. The Hall–Kier alpha value is -5.71. The fourth-order valence-corrected chi connectivity index (χ4v) is 8.28. The monoisotopic (exact) mass is 619 g/mol. The van der Waals surface area contributed by atoms with E-state index in [9.17, 15) is 0 Å². The minimum atomic E-state index is -0.508. The van der Waals surface area contributed by atoms with Crippen molar-refractivity contribution in [1.82, 2.24) is 9.29 Å². The molecule has 0 radical (unpaired) electrons. The predicted octanol–water partition coefficient (Wildman–Crippen LogP) is 10.4. The van der Waals surface area contributed by atoms with Crippen LogP contribution in [0.15, 0.2) is 181 Å². The number of rotatable bonds is 4. The normalized spacial score (nSPS) is 15.5. The van der Waals surface area contributed by atoms with Gasteiger partial charge in [-0.1, -0.05) is 110 Å². The van der Waals surface area contributed by atoms with Crippen LogP contribution < -0.4 is 0 Å². The van der Waals surface area contributed by atoms with Crippen LogP contribution in [0, 0.1) is 0 Å². The Morgan fingerprint density at radius 2 is 1.19 bits per heavy atom. The van der Waals surface area contributed by atoms with Crippen molar-refractivity contribution in [3.63, 3.8) is 0 Å². The Bertz CT molecular complexity index is 2250. The smallest absolute Gasteiger partial charge is 0.143 e. The second-order valence-electron chi connectivity index (χ2n) is 12.0. The van der Waals surface area contributed by atoms with Crippen LogP contribution in [-0.4, -0.2) is 15.1 Å². The van der Waals surface area contributed by atoms with Crippen molar-refractivity contribution in [2.75, 3.05) is 0 Å². The molecular weight excluding hydrogens is 591 g/mol. The van der Waals surface area contributed by atoms with Crippen LogP contribution in [0.25, 0.3) is 33.5 Å². The fourth-order valence-electron chi connectivity index (χ4n) is 7.29. The van der Waals surface area contributed by atoms with Crippen molar-refractivity contribution in [1.29, 1.82) is 0 Å². The van der Waals surface area contributed by atoms with E-state index in [0.29, 0.717) is 0 Å². The molecule has 5 aromatic carbocycles. The molecule has 1 aliphatic carbocycles. The van der Waals surface area contributed by atoms with E-state index in [1.54, 1.807) is 11.9 Å². The molecule has 3 heterocycles. The second-order valence-corrected chi connectivity index (χ2v) is 13.0. The van der Waals surface area contributed by atoms with Gasteiger partial charge >= 0.3 is 0 Å². The lowest BCUT2D eigenvalue weighted by molar-refractivity contribution is 0.768. The van der Waals surface area contributed by atoms with Gasteiger partial charge in [0, 0.05) is 29.1 Å². The van der Waals surface area contributed by atoms with Gasteiger partial charge in [-0.3, -0.25) is 9.29 Å². The van der Waals surface area contributed by atoms with Gasteiger partial charge < -0.3 is 0 Å². The van der Waals surface area contributed by atoms with Gasteiger partial charge in [0.05, 0.1) is 11.1 Å². The van der Waals surface area contributed by atoms with Gasteiger partial charge in [-0.15, -0.1) is 0 Å². The van der Waals surface area contributed by atoms with Crippen LogP contribution in [0.5, 0.6) is 0 Å². The van der Waals surface area contributed by atoms with Crippen LogP contribution in [-0.2, 0) is 5.41 Å². The van der Waals surface area contributed by atoms with Gasteiger partial charge in [0.25, 0.3) is 0 Å². The highest BCUT2D eigenvalue weighted by molar-refractivity contribution is 7.97. The first-order chi connectivity index (χ1) is 23.2. The molecule has 6 aromatic rings. The van der Waals surface area contributed by atoms with E-state index in [4.69, 9.17) is 4.99 Å². The zero-order valence-electron chi connectivity index (χ0n) is 25.5. The number of fused-ring (bicyclic) bond motifs is 5. The molecule has 0 amide bonds. The summed E-state index contributed by atoms with van der Waals surface area (Å²) in [6.07, 6.45) is 10.2. The number of hydrogen-bond donors (Lipinski definition) is 0. The molecule has 3 aliphatic rings. The highest BCUT2D eigenvalue weighted by Crippen LogP contribution is 2.57. The molecule has 9 rings (SSSR count). The van der Waals surface area contributed by atoms with Crippen molar-refractivity contribution in [2.24, 2.45) is 4.99 Å². The Labute approximate surface area is 279 Å². The molecule has 2 aliphatic heterocycles. The molecule has 0 saturated heterocycles. The van der Waals surface area contributed by atoms with E-state index in [0.717, 1.165) is 38.7 Å². The molecule has 0 bridgehead atoms. The molecule has 47 heavy (non-hydrogen) atoms. The Morgan fingerprint density at radius 3 is 1.89 bits per heavy atom. The Balaban J connectivity index is 1.25. The third-order valence-electron chi connectivity index (χ3n) is 9.44. The molecule has 0 fully saturated rings. The molecule has 1 aromatic heterocycles. The first kappa shape index (κ1) is 27.6. The van der Waals surface area contributed by atoms with Crippen molar-refractivity contribution < 1.29 is 0 Å². The topological polar surface area (TPSA) is 28.5 Å². The molecule has 0 spiro atoms. The highest BCUT2D eigenvalue weighted by atomic mass is 32.2. The summed E-state index contributed by atoms with van der Waals surface area (Å²) in [5, 5.41) is 0. The summed E-state index contributed by atoms with van der Waals surface area (Å²) in [7, 11) is 0. The van der Waals surface area contributed by atoms with Gasteiger partial charge in [-0.25, -0.2) is 4.99 Å². The highest BCUT2D eigenvalue weighted by Gasteiger charge is 2.46. The van der Waals surface area contributed by atoms with E-state index in [2.05, 4.69) is 162 Å². The predicted molar refractivity (Wildman–Crippen MR) is 195 cm³/mol. The standard InChI is InChI=1S/C43H29N3S/c1-29-36-14-8-9-15-41(36)47-46-28-33(18-21-42(46)45-29)32-17-20-38-37-19-16-31(30-22-24-44-25-23-30)26-39(37)43(40(38)27-32,34-10-4-2-5-11-34)35-12-6-3-7-13-35/h2-28H,1H2. The van der Waals surface area contributed by atoms with E-state index in [1.165, 1.54) is 38.9 Å².